The number of amides is 2. The first-order chi connectivity index (χ1) is 21.2. The number of hydrogen-bond acceptors (Lipinski definition) is 5. The molecule has 1 aliphatic rings. The van der Waals surface area contributed by atoms with Crippen LogP contribution in [-0.2, 0) is 22.4 Å². The molecule has 0 spiro atoms. The molecule has 0 saturated carbocycles. The SMILES string of the molecule is CC(C)C[C@@H]1CN(C(=O)[C@H](N)Cc2ccc3ccccc3c2)[C@@H](CCCO)CN1C(=O)C(N)Cc1ccc2ccccc2c1. The molecule has 44 heavy (non-hydrogen) atoms. The maximum absolute atomic E-state index is 14.0. The Hall–Kier alpha value is -3.78. The molecule has 1 fully saturated rings. The highest BCUT2D eigenvalue weighted by molar-refractivity contribution is 5.87. The maximum atomic E-state index is 14.0. The van der Waals surface area contributed by atoms with Gasteiger partial charge in [0.25, 0.3) is 0 Å². The highest BCUT2D eigenvalue weighted by atomic mass is 16.3. The van der Waals surface area contributed by atoms with E-state index in [9.17, 15) is 14.7 Å². The summed E-state index contributed by atoms with van der Waals surface area (Å²) in [6.07, 6.45) is 2.75. The number of aliphatic hydroxyl groups is 1. The second-order valence-electron chi connectivity index (χ2n) is 12.8. The molecule has 0 aliphatic carbocycles. The summed E-state index contributed by atoms with van der Waals surface area (Å²) in [5.74, 6) is 0.122. The van der Waals surface area contributed by atoms with Crippen molar-refractivity contribution in [3.63, 3.8) is 0 Å². The van der Waals surface area contributed by atoms with Crippen LogP contribution >= 0.6 is 0 Å². The molecule has 2 amide bonds. The Morgan fingerprint density at radius 3 is 1.66 bits per heavy atom. The zero-order valence-electron chi connectivity index (χ0n) is 25.9. The lowest BCUT2D eigenvalue weighted by Gasteiger charge is -2.48. The van der Waals surface area contributed by atoms with Crippen molar-refractivity contribution < 1.29 is 14.7 Å². The number of hydrogen-bond donors (Lipinski definition) is 3. The Morgan fingerprint density at radius 2 is 1.18 bits per heavy atom. The van der Waals surface area contributed by atoms with Gasteiger partial charge in [-0.15, -0.1) is 0 Å². The molecule has 7 nitrogen and oxygen atoms in total. The summed E-state index contributed by atoms with van der Waals surface area (Å²) in [7, 11) is 0. The third-order valence-electron chi connectivity index (χ3n) is 8.87. The summed E-state index contributed by atoms with van der Waals surface area (Å²) in [6, 6.07) is 26.9. The fourth-order valence-electron chi connectivity index (χ4n) is 6.65. The minimum absolute atomic E-state index is 0.0204. The normalized spacial score (nSPS) is 18.6. The van der Waals surface area contributed by atoms with E-state index in [1.54, 1.807) is 0 Å². The van der Waals surface area contributed by atoms with Gasteiger partial charge in [-0.1, -0.05) is 98.8 Å². The van der Waals surface area contributed by atoms with Crippen molar-refractivity contribution in [1.29, 1.82) is 0 Å². The number of piperazine rings is 1. The molecule has 1 saturated heterocycles. The van der Waals surface area contributed by atoms with Gasteiger partial charge in [-0.05, 0) is 70.7 Å². The standard InChI is InChI=1S/C37H46N4O3/c1-25(2)18-33-24-40(36(43)34(38)21-26-13-15-28-8-3-5-10-30(28)19-26)32(12-7-17-42)23-41(33)37(44)35(39)22-27-14-16-29-9-4-6-11-31(29)20-27/h3-6,8-11,13-16,19-20,25,32-35,42H,7,12,17-18,21-24,38-39H2,1-2H3/t32-,33+,34+,35?/m0/s1. The lowest BCUT2D eigenvalue weighted by Crippen LogP contribution is -2.65. The van der Waals surface area contributed by atoms with E-state index in [-0.39, 0.29) is 30.5 Å². The van der Waals surface area contributed by atoms with Crippen LogP contribution in [0.3, 0.4) is 0 Å². The van der Waals surface area contributed by atoms with Crippen LogP contribution in [0.4, 0.5) is 0 Å². The molecule has 0 radical (unpaired) electrons. The fraction of sp³-hybridized carbons (Fsp3) is 0.405. The number of rotatable bonds is 11. The average Bonchev–Trinajstić information content (AvgIpc) is 3.02. The monoisotopic (exact) mass is 594 g/mol. The second kappa shape index (κ2) is 14.3. The molecule has 232 valence electrons. The van der Waals surface area contributed by atoms with Gasteiger partial charge in [0, 0.05) is 31.8 Å². The zero-order chi connectivity index (χ0) is 31.2. The van der Waals surface area contributed by atoms with Crippen LogP contribution in [0.25, 0.3) is 21.5 Å². The average molecular weight is 595 g/mol. The Bertz CT molecular complexity index is 1590. The lowest BCUT2D eigenvalue weighted by atomic mass is 9.93. The highest BCUT2D eigenvalue weighted by Gasteiger charge is 2.40. The summed E-state index contributed by atoms with van der Waals surface area (Å²) in [4.78, 5) is 31.7. The summed E-state index contributed by atoms with van der Waals surface area (Å²) >= 11 is 0. The Morgan fingerprint density at radius 1 is 0.727 bits per heavy atom. The summed E-state index contributed by atoms with van der Waals surface area (Å²) in [5.41, 5.74) is 15.2. The molecule has 5 rings (SSSR count). The van der Waals surface area contributed by atoms with Crippen LogP contribution in [0, 0.1) is 5.92 Å². The van der Waals surface area contributed by atoms with E-state index in [0.717, 1.165) is 39.1 Å². The Kier molecular flexibility index (Phi) is 10.3. The number of carbonyl (C=O) groups is 2. The smallest absolute Gasteiger partial charge is 0.240 e. The van der Waals surface area contributed by atoms with Crippen LogP contribution in [0.15, 0.2) is 84.9 Å². The molecule has 7 heteroatoms. The van der Waals surface area contributed by atoms with Crippen molar-refractivity contribution in [1.82, 2.24) is 9.80 Å². The summed E-state index contributed by atoms with van der Waals surface area (Å²) < 4.78 is 0. The molecule has 1 unspecified atom stereocenters. The van der Waals surface area contributed by atoms with Gasteiger partial charge in [0.1, 0.15) is 0 Å². The van der Waals surface area contributed by atoms with Crippen LogP contribution < -0.4 is 11.5 Å². The van der Waals surface area contributed by atoms with E-state index in [1.807, 2.05) is 46.2 Å². The molecule has 0 bridgehead atoms. The Balaban J connectivity index is 1.33. The van der Waals surface area contributed by atoms with Crippen LogP contribution in [0.2, 0.25) is 0 Å². The van der Waals surface area contributed by atoms with Crippen molar-refractivity contribution >= 4 is 33.4 Å². The van der Waals surface area contributed by atoms with E-state index >= 15 is 0 Å². The lowest BCUT2D eigenvalue weighted by molar-refractivity contribution is -0.149. The first-order valence-corrected chi connectivity index (χ1v) is 15.9. The first-order valence-electron chi connectivity index (χ1n) is 15.9. The molecular weight excluding hydrogens is 548 g/mol. The van der Waals surface area contributed by atoms with E-state index in [2.05, 4.69) is 62.4 Å². The molecule has 0 aromatic heterocycles. The third kappa shape index (κ3) is 7.46. The van der Waals surface area contributed by atoms with Crippen LogP contribution in [0.5, 0.6) is 0 Å². The number of aliphatic hydroxyl groups excluding tert-OH is 1. The molecule has 1 aliphatic heterocycles. The molecule has 5 N–H and O–H groups in total. The minimum Gasteiger partial charge on any atom is -0.396 e. The van der Waals surface area contributed by atoms with Crippen molar-refractivity contribution in [2.75, 3.05) is 19.7 Å². The predicted octanol–water partition coefficient (Wildman–Crippen LogP) is 4.66. The minimum atomic E-state index is -0.704. The fourth-order valence-corrected chi connectivity index (χ4v) is 6.65. The second-order valence-corrected chi connectivity index (χ2v) is 12.8. The van der Waals surface area contributed by atoms with E-state index in [1.165, 1.54) is 0 Å². The molecule has 4 aromatic rings. The predicted molar refractivity (Wildman–Crippen MR) is 178 cm³/mol. The van der Waals surface area contributed by atoms with Crippen LogP contribution in [-0.4, -0.2) is 70.6 Å². The highest BCUT2D eigenvalue weighted by Crippen LogP contribution is 2.26. The molecule has 1 heterocycles. The number of carbonyl (C=O) groups excluding carboxylic acids is 2. The van der Waals surface area contributed by atoms with E-state index < -0.39 is 12.1 Å². The van der Waals surface area contributed by atoms with Crippen LogP contribution in [0.1, 0.15) is 44.2 Å². The summed E-state index contributed by atoms with van der Waals surface area (Å²) in [6.45, 7) is 5.08. The summed E-state index contributed by atoms with van der Waals surface area (Å²) in [5, 5.41) is 14.2. The van der Waals surface area contributed by atoms with E-state index in [0.29, 0.717) is 44.7 Å². The quantitative estimate of drug-likeness (QED) is 0.234. The van der Waals surface area contributed by atoms with Crippen molar-refractivity contribution in [2.24, 2.45) is 17.4 Å². The van der Waals surface area contributed by atoms with Gasteiger partial charge in [-0.25, -0.2) is 0 Å². The van der Waals surface area contributed by atoms with Crippen molar-refractivity contribution in [2.45, 2.75) is 70.1 Å². The molecular formula is C37H46N4O3. The van der Waals surface area contributed by atoms with Crippen molar-refractivity contribution in [3.8, 4) is 0 Å². The van der Waals surface area contributed by atoms with E-state index in [4.69, 9.17) is 11.5 Å². The third-order valence-corrected chi connectivity index (χ3v) is 8.87. The molecule has 4 atom stereocenters. The topological polar surface area (TPSA) is 113 Å². The first kappa shape index (κ1) is 31.6. The van der Waals surface area contributed by atoms with Gasteiger partial charge in [-0.2, -0.15) is 0 Å². The van der Waals surface area contributed by atoms with Crippen molar-refractivity contribution in [3.05, 3.63) is 96.1 Å². The molecule has 4 aromatic carbocycles. The number of nitrogens with zero attached hydrogens (tertiary/aromatic N) is 2. The number of fused-ring (bicyclic) bond motifs is 2. The number of nitrogens with two attached hydrogens (primary N) is 2. The van der Waals surface area contributed by atoms with Gasteiger partial charge in [0.15, 0.2) is 0 Å². The van der Waals surface area contributed by atoms with Gasteiger partial charge < -0.3 is 26.4 Å². The van der Waals surface area contributed by atoms with Gasteiger partial charge in [-0.3, -0.25) is 9.59 Å². The van der Waals surface area contributed by atoms with Gasteiger partial charge in [0.05, 0.1) is 12.1 Å². The van der Waals surface area contributed by atoms with Gasteiger partial charge in [0.2, 0.25) is 11.8 Å². The Labute approximate surface area is 260 Å². The van der Waals surface area contributed by atoms with Gasteiger partial charge >= 0.3 is 0 Å². The largest absolute Gasteiger partial charge is 0.396 e. The zero-order valence-corrected chi connectivity index (χ0v) is 25.9. The maximum Gasteiger partial charge on any atom is 0.240 e. The number of benzene rings is 4.